The number of amides is 1. The molecule has 0 N–H and O–H groups in total. The highest BCUT2D eigenvalue weighted by Gasteiger charge is 2.54. The Labute approximate surface area is 167 Å². The molecule has 28 heavy (non-hydrogen) atoms. The maximum atomic E-state index is 13.3. The first-order valence-electron chi connectivity index (χ1n) is 9.97. The molecule has 8 heteroatoms. The molecule has 4 atom stereocenters. The summed E-state index contributed by atoms with van der Waals surface area (Å²) in [5.41, 5.74) is 0.922. The van der Waals surface area contributed by atoms with Crippen LogP contribution in [0.3, 0.4) is 0 Å². The van der Waals surface area contributed by atoms with Gasteiger partial charge in [-0.1, -0.05) is 12.1 Å². The Morgan fingerprint density at radius 1 is 1.21 bits per heavy atom. The minimum Gasteiger partial charge on any atom is -0.378 e. The third-order valence-corrected chi connectivity index (χ3v) is 8.51. The van der Waals surface area contributed by atoms with E-state index in [0.717, 1.165) is 5.56 Å². The fourth-order valence-electron chi connectivity index (χ4n) is 5.04. The lowest BCUT2D eigenvalue weighted by molar-refractivity contribution is -0.140. The number of aryl methyl sites for hydroxylation is 1. The summed E-state index contributed by atoms with van der Waals surface area (Å²) in [6.45, 7) is 6.66. The summed E-state index contributed by atoms with van der Waals surface area (Å²) in [6, 6.07) is 6.76. The van der Waals surface area contributed by atoms with Crippen molar-refractivity contribution >= 4 is 15.9 Å². The fourth-order valence-corrected chi connectivity index (χ4v) is 6.83. The van der Waals surface area contributed by atoms with Crippen LogP contribution in [-0.4, -0.2) is 86.5 Å². The average Bonchev–Trinajstić information content (AvgIpc) is 2.91. The van der Waals surface area contributed by atoms with E-state index in [1.165, 1.54) is 0 Å². The summed E-state index contributed by atoms with van der Waals surface area (Å²) in [5.74, 6) is -0.0230. The van der Waals surface area contributed by atoms with Gasteiger partial charge in [0.1, 0.15) is 0 Å². The van der Waals surface area contributed by atoms with Gasteiger partial charge in [0.2, 0.25) is 15.9 Å². The lowest BCUT2D eigenvalue weighted by Gasteiger charge is -2.44. The Kier molecular flexibility index (Phi) is 5.24. The second kappa shape index (κ2) is 7.40. The van der Waals surface area contributed by atoms with E-state index < -0.39 is 10.0 Å². The van der Waals surface area contributed by atoms with Crippen LogP contribution in [0.15, 0.2) is 29.2 Å². The molecule has 3 saturated heterocycles. The predicted octanol–water partition coefficient (Wildman–Crippen LogP) is 0.936. The van der Waals surface area contributed by atoms with Crippen LogP contribution < -0.4 is 0 Å². The SMILES string of the molecule is Cc1cccc(S(=O)(=O)N2C[C@H]3C[C@H](C(=O)N4CCOCC4)[C@@H](C2C)N3C)c1. The van der Waals surface area contributed by atoms with Crippen molar-refractivity contribution in [2.45, 2.75) is 43.3 Å². The molecule has 7 nitrogen and oxygen atoms in total. The van der Waals surface area contributed by atoms with Crippen LogP contribution in [-0.2, 0) is 19.6 Å². The molecule has 2 bridgehead atoms. The molecular weight excluding hydrogens is 378 g/mol. The van der Waals surface area contributed by atoms with Crippen LogP contribution in [0.1, 0.15) is 18.9 Å². The number of carbonyl (C=O) groups excluding carboxylic acids is 1. The summed E-state index contributed by atoms with van der Waals surface area (Å²) in [7, 11) is -1.57. The minimum atomic E-state index is -3.60. The second-order valence-corrected chi connectivity index (χ2v) is 10.1. The van der Waals surface area contributed by atoms with Gasteiger partial charge < -0.3 is 9.64 Å². The van der Waals surface area contributed by atoms with Crippen LogP contribution >= 0.6 is 0 Å². The zero-order valence-corrected chi connectivity index (χ0v) is 17.6. The molecule has 1 aromatic carbocycles. The number of hydrogen-bond acceptors (Lipinski definition) is 5. The van der Waals surface area contributed by atoms with Gasteiger partial charge in [0.25, 0.3) is 0 Å². The minimum absolute atomic E-state index is 0.0655. The smallest absolute Gasteiger partial charge is 0.243 e. The molecule has 3 aliphatic rings. The maximum Gasteiger partial charge on any atom is 0.243 e. The van der Waals surface area contributed by atoms with E-state index in [-0.39, 0.29) is 30.0 Å². The number of hydrogen-bond donors (Lipinski definition) is 0. The van der Waals surface area contributed by atoms with Gasteiger partial charge in [-0.2, -0.15) is 4.31 Å². The fraction of sp³-hybridized carbons (Fsp3) is 0.650. The van der Waals surface area contributed by atoms with E-state index in [9.17, 15) is 13.2 Å². The Morgan fingerprint density at radius 3 is 2.61 bits per heavy atom. The normalized spacial score (nSPS) is 31.9. The number of nitrogens with zero attached hydrogens (tertiary/aromatic N) is 3. The van der Waals surface area contributed by atoms with Gasteiger partial charge in [-0.25, -0.2) is 8.42 Å². The Morgan fingerprint density at radius 2 is 1.93 bits per heavy atom. The molecule has 0 aliphatic carbocycles. The molecule has 4 rings (SSSR count). The molecule has 3 heterocycles. The number of morpholine rings is 1. The van der Waals surface area contributed by atoms with Crippen molar-refractivity contribution in [3.8, 4) is 0 Å². The average molecular weight is 408 g/mol. The largest absolute Gasteiger partial charge is 0.378 e. The van der Waals surface area contributed by atoms with Crippen LogP contribution in [0, 0.1) is 12.8 Å². The van der Waals surface area contributed by atoms with Gasteiger partial charge in [-0.15, -0.1) is 0 Å². The van der Waals surface area contributed by atoms with Crippen molar-refractivity contribution in [3.63, 3.8) is 0 Å². The molecular formula is C20H29N3O4S. The van der Waals surface area contributed by atoms with Gasteiger partial charge in [-0.3, -0.25) is 9.69 Å². The van der Waals surface area contributed by atoms with Crippen molar-refractivity contribution in [2.75, 3.05) is 39.9 Å². The van der Waals surface area contributed by atoms with E-state index in [1.807, 2.05) is 31.9 Å². The Hall–Kier alpha value is -1.48. The monoisotopic (exact) mass is 407 g/mol. The second-order valence-electron chi connectivity index (χ2n) is 8.22. The number of fused-ring (bicyclic) bond motifs is 2. The van der Waals surface area contributed by atoms with E-state index >= 15 is 0 Å². The van der Waals surface area contributed by atoms with Gasteiger partial charge in [0.15, 0.2) is 0 Å². The molecule has 1 unspecified atom stereocenters. The first-order valence-corrected chi connectivity index (χ1v) is 11.4. The summed E-state index contributed by atoms with van der Waals surface area (Å²) < 4.78 is 33.7. The van der Waals surface area contributed by atoms with Gasteiger partial charge in [0.05, 0.1) is 24.0 Å². The molecule has 0 saturated carbocycles. The van der Waals surface area contributed by atoms with Crippen LogP contribution in [0.2, 0.25) is 0 Å². The number of rotatable bonds is 3. The number of sulfonamides is 1. The van der Waals surface area contributed by atoms with E-state index in [1.54, 1.807) is 22.5 Å². The first kappa shape index (κ1) is 19.8. The van der Waals surface area contributed by atoms with Gasteiger partial charge in [-0.05, 0) is 45.0 Å². The summed E-state index contributed by atoms with van der Waals surface area (Å²) >= 11 is 0. The summed E-state index contributed by atoms with van der Waals surface area (Å²) in [5, 5.41) is 0. The predicted molar refractivity (Wildman–Crippen MR) is 105 cm³/mol. The Bertz CT molecular complexity index is 853. The zero-order chi connectivity index (χ0) is 20.1. The van der Waals surface area contributed by atoms with Gasteiger partial charge in [0, 0.05) is 37.8 Å². The lowest BCUT2D eigenvalue weighted by atomic mass is 9.93. The molecule has 1 aromatic rings. The molecule has 0 radical (unpaired) electrons. The maximum absolute atomic E-state index is 13.3. The van der Waals surface area contributed by atoms with E-state index in [0.29, 0.717) is 44.2 Å². The zero-order valence-electron chi connectivity index (χ0n) is 16.7. The van der Waals surface area contributed by atoms with Crippen LogP contribution in [0.4, 0.5) is 0 Å². The van der Waals surface area contributed by atoms with Gasteiger partial charge >= 0.3 is 0 Å². The number of benzene rings is 1. The summed E-state index contributed by atoms with van der Waals surface area (Å²) in [4.78, 5) is 17.6. The third-order valence-electron chi connectivity index (χ3n) is 6.56. The standard InChI is InChI=1S/C20H29N3O4S/c1-14-5-4-6-17(11-14)28(25,26)23-13-16-12-18(19(15(23)2)21(16)3)20(24)22-7-9-27-10-8-22/h4-6,11,15-16,18-19H,7-10,12-13H2,1-3H3/t15?,16-,18+,19-/m1/s1. The molecule has 3 aliphatic heterocycles. The third kappa shape index (κ3) is 3.26. The molecule has 0 aromatic heterocycles. The highest BCUT2D eigenvalue weighted by atomic mass is 32.2. The topological polar surface area (TPSA) is 70.2 Å². The number of likely N-dealkylation sites (N-methyl/N-ethyl adjacent to an activating group) is 1. The van der Waals surface area contributed by atoms with Crippen molar-refractivity contribution in [1.29, 1.82) is 0 Å². The molecule has 154 valence electrons. The first-order chi connectivity index (χ1) is 13.3. The van der Waals surface area contributed by atoms with Crippen molar-refractivity contribution < 1.29 is 17.9 Å². The van der Waals surface area contributed by atoms with Crippen LogP contribution in [0.5, 0.6) is 0 Å². The highest BCUT2D eigenvalue weighted by Crippen LogP contribution is 2.40. The molecule has 1 amide bonds. The van der Waals surface area contributed by atoms with Crippen molar-refractivity contribution in [3.05, 3.63) is 29.8 Å². The number of carbonyl (C=O) groups is 1. The van der Waals surface area contributed by atoms with Crippen LogP contribution in [0.25, 0.3) is 0 Å². The van der Waals surface area contributed by atoms with E-state index in [4.69, 9.17) is 4.74 Å². The molecule has 3 fully saturated rings. The summed E-state index contributed by atoms with van der Waals surface area (Å²) in [6.07, 6.45) is 0.710. The Balaban J connectivity index is 1.60. The number of ether oxygens (including phenoxy) is 1. The number of piperazine rings is 1. The molecule has 0 spiro atoms. The van der Waals surface area contributed by atoms with Crippen molar-refractivity contribution in [1.82, 2.24) is 14.1 Å². The quantitative estimate of drug-likeness (QED) is 0.746. The van der Waals surface area contributed by atoms with E-state index in [2.05, 4.69) is 4.90 Å². The van der Waals surface area contributed by atoms with Crippen molar-refractivity contribution in [2.24, 2.45) is 5.92 Å². The lowest BCUT2D eigenvalue weighted by Crippen LogP contribution is -2.60. The highest BCUT2D eigenvalue weighted by molar-refractivity contribution is 7.89.